The van der Waals surface area contributed by atoms with Gasteiger partial charge in [0, 0.05) is 10.9 Å². The molecule has 2 aromatic carbocycles. The molecule has 0 aliphatic carbocycles. The number of benzene rings is 2. The Labute approximate surface area is 172 Å². The molecule has 4 rings (SSSR count). The molecule has 9 heteroatoms. The van der Waals surface area contributed by atoms with E-state index in [1.54, 1.807) is 16.8 Å². The molecule has 1 unspecified atom stereocenters. The minimum Gasteiger partial charge on any atom is -0.481 e. The van der Waals surface area contributed by atoms with Crippen molar-refractivity contribution in [2.24, 2.45) is 5.10 Å². The molecule has 0 spiro atoms. The molecule has 0 bridgehead atoms. The number of hydrogen-bond acceptors (Lipinski definition) is 5. The van der Waals surface area contributed by atoms with Gasteiger partial charge in [-0.1, -0.05) is 52.0 Å². The maximum atomic E-state index is 13.3. The quantitative estimate of drug-likeness (QED) is 0.622. The lowest BCUT2D eigenvalue weighted by atomic mass is 10.1. The van der Waals surface area contributed by atoms with Crippen molar-refractivity contribution in [3.8, 4) is 0 Å². The summed E-state index contributed by atoms with van der Waals surface area (Å²) in [5.41, 5.74) is 2.29. The van der Waals surface area contributed by atoms with E-state index in [1.165, 1.54) is 23.9 Å². The summed E-state index contributed by atoms with van der Waals surface area (Å²) in [7, 11) is 0. The Bertz CT molecular complexity index is 1050. The van der Waals surface area contributed by atoms with Crippen LogP contribution in [0.1, 0.15) is 23.4 Å². The Morgan fingerprint density at radius 2 is 1.86 bits per heavy atom. The molecular weight excluding hydrogens is 447 g/mol. The fourth-order valence-corrected chi connectivity index (χ4v) is 4.25. The van der Waals surface area contributed by atoms with Gasteiger partial charge in [0.2, 0.25) is 5.16 Å². The van der Waals surface area contributed by atoms with Gasteiger partial charge in [0.05, 0.1) is 17.4 Å². The molecule has 1 aromatic heterocycles. The second-order valence-electron chi connectivity index (χ2n) is 6.21. The maximum absolute atomic E-state index is 13.3. The first-order chi connectivity index (χ1) is 13.5. The molecule has 0 saturated carbocycles. The van der Waals surface area contributed by atoms with Crippen molar-refractivity contribution in [3.63, 3.8) is 0 Å². The molecule has 0 saturated heterocycles. The van der Waals surface area contributed by atoms with Crippen LogP contribution in [0.3, 0.4) is 0 Å². The molecule has 1 aliphatic rings. The second-order valence-corrected chi connectivity index (χ2v) is 8.30. The van der Waals surface area contributed by atoms with Crippen molar-refractivity contribution in [3.05, 3.63) is 75.8 Å². The highest BCUT2D eigenvalue weighted by Crippen LogP contribution is 2.32. The van der Waals surface area contributed by atoms with Gasteiger partial charge in [-0.05, 0) is 35.4 Å². The Hall–Kier alpha value is -2.52. The van der Waals surface area contributed by atoms with Crippen LogP contribution in [0.4, 0.5) is 4.39 Å². The monoisotopic (exact) mass is 460 g/mol. The van der Waals surface area contributed by atoms with Crippen LogP contribution in [0, 0.1) is 5.82 Å². The zero-order valence-corrected chi connectivity index (χ0v) is 16.8. The lowest BCUT2D eigenvalue weighted by Crippen LogP contribution is -2.27. The fourth-order valence-electron chi connectivity index (χ4n) is 2.88. The number of hydrogen-bond donors (Lipinski definition) is 1. The summed E-state index contributed by atoms with van der Waals surface area (Å²) in [6.45, 7) is 0. The number of aliphatic carboxylic acids is 1. The molecule has 142 valence electrons. The number of halogens is 2. The van der Waals surface area contributed by atoms with Crippen molar-refractivity contribution in [2.45, 2.75) is 23.2 Å². The van der Waals surface area contributed by atoms with Gasteiger partial charge in [-0.2, -0.15) is 9.78 Å². The zero-order valence-electron chi connectivity index (χ0n) is 14.4. The van der Waals surface area contributed by atoms with E-state index >= 15 is 0 Å². The first-order valence-electron chi connectivity index (χ1n) is 8.41. The topological polar surface area (TPSA) is 80.4 Å². The summed E-state index contributed by atoms with van der Waals surface area (Å²) in [6.07, 6.45) is 0.417. The van der Waals surface area contributed by atoms with Crippen LogP contribution in [0.25, 0.3) is 0 Å². The fraction of sp³-hybridized carbons (Fsp3) is 0.158. The summed E-state index contributed by atoms with van der Waals surface area (Å²) >= 11 is 4.72. The van der Waals surface area contributed by atoms with Gasteiger partial charge in [-0.3, -0.25) is 4.79 Å². The highest BCUT2D eigenvalue weighted by molar-refractivity contribution is 9.10. The van der Waals surface area contributed by atoms with E-state index in [-0.39, 0.29) is 12.2 Å². The van der Waals surface area contributed by atoms with Crippen LogP contribution in [-0.4, -0.2) is 36.9 Å². The van der Waals surface area contributed by atoms with Crippen LogP contribution < -0.4 is 0 Å². The average molecular weight is 461 g/mol. The Kier molecular flexibility index (Phi) is 5.27. The van der Waals surface area contributed by atoms with Gasteiger partial charge in [0.1, 0.15) is 5.82 Å². The van der Waals surface area contributed by atoms with E-state index in [9.17, 15) is 14.3 Å². The van der Waals surface area contributed by atoms with E-state index in [0.29, 0.717) is 28.7 Å². The minimum absolute atomic E-state index is 0.115. The normalized spacial score (nSPS) is 15.8. The maximum Gasteiger partial charge on any atom is 0.304 e. The first-order valence-corrected chi connectivity index (χ1v) is 10.1. The number of carboxylic acids is 1. The Morgan fingerprint density at radius 3 is 2.54 bits per heavy atom. The van der Waals surface area contributed by atoms with Crippen LogP contribution in [0.2, 0.25) is 0 Å². The van der Waals surface area contributed by atoms with Crippen molar-refractivity contribution in [2.75, 3.05) is 0 Å². The van der Waals surface area contributed by atoms with Crippen molar-refractivity contribution >= 4 is 39.4 Å². The lowest BCUT2D eigenvalue weighted by Gasteiger charge is -2.22. The second kappa shape index (κ2) is 7.84. The Morgan fingerprint density at radius 1 is 1.14 bits per heavy atom. The largest absolute Gasteiger partial charge is 0.481 e. The molecule has 0 amide bonds. The standard InChI is InChI=1S/C19H14BrFN4O2S/c20-13-5-1-11(2-6-13)9-16-22-23-19-25(16)24-18(15(28-19)10-17(26)27)12-3-7-14(21)8-4-12/h1-8,15H,9-10H2,(H,26,27). The SMILES string of the molecule is O=C(O)CC1Sc2nnc(Cc3ccc(Br)cc3)n2N=C1c1ccc(F)cc1. The van der Waals surface area contributed by atoms with Gasteiger partial charge in [0.15, 0.2) is 5.82 Å². The summed E-state index contributed by atoms with van der Waals surface area (Å²) < 4.78 is 15.9. The number of carboxylic acid groups (broad SMARTS) is 1. The van der Waals surface area contributed by atoms with Crippen molar-refractivity contribution in [1.29, 1.82) is 0 Å². The minimum atomic E-state index is -0.935. The number of aromatic nitrogens is 3. The number of fused-ring (bicyclic) bond motifs is 1. The van der Waals surface area contributed by atoms with E-state index in [4.69, 9.17) is 0 Å². The van der Waals surface area contributed by atoms with Gasteiger partial charge < -0.3 is 5.11 Å². The summed E-state index contributed by atoms with van der Waals surface area (Å²) in [4.78, 5) is 11.3. The molecule has 0 fully saturated rings. The van der Waals surface area contributed by atoms with Crippen LogP contribution in [0.5, 0.6) is 0 Å². The van der Waals surface area contributed by atoms with E-state index < -0.39 is 11.2 Å². The highest BCUT2D eigenvalue weighted by Gasteiger charge is 2.30. The Balaban J connectivity index is 1.72. The van der Waals surface area contributed by atoms with Gasteiger partial charge in [-0.25, -0.2) is 4.39 Å². The smallest absolute Gasteiger partial charge is 0.304 e. The summed E-state index contributed by atoms with van der Waals surface area (Å²) in [5, 5.41) is 22.4. The third kappa shape index (κ3) is 4.00. The summed E-state index contributed by atoms with van der Waals surface area (Å²) in [6, 6.07) is 13.8. The van der Waals surface area contributed by atoms with E-state index in [1.807, 2.05) is 24.3 Å². The molecule has 1 N–H and O–H groups in total. The van der Waals surface area contributed by atoms with Crippen molar-refractivity contribution in [1.82, 2.24) is 14.9 Å². The van der Waals surface area contributed by atoms with E-state index in [2.05, 4.69) is 31.2 Å². The predicted octanol–water partition coefficient (Wildman–Crippen LogP) is 3.97. The van der Waals surface area contributed by atoms with E-state index in [0.717, 1.165) is 10.0 Å². The first kappa shape index (κ1) is 18.8. The number of carbonyl (C=O) groups is 1. The molecule has 1 aliphatic heterocycles. The molecule has 0 radical (unpaired) electrons. The highest BCUT2D eigenvalue weighted by atomic mass is 79.9. The van der Waals surface area contributed by atoms with Crippen LogP contribution in [-0.2, 0) is 11.2 Å². The average Bonchev–Trinajstić information content (AvgIpc) is 3.05. The van der Waals surface area contributed by atoms with Crippen LogP contribution in [0.15, 0.2) is 63.3 Å². The molecule has 28 heavy (non-hydrogen) atoms. The molecule has 3 aromatic rings. The zero-order chi connectivity index (χ0) is 19.7. The lowest BCUT2D eigenvalue weighted by molar-refractivity contribution is -0.136. The molecule has 6 nitrogen and oxygen atoms in total. The number of rotatable bonds is 5. The number of nitrogens with zero attached hydrogens (tertiary/aromatic N) is 4. The van der Waals surface area contributed by atoms with Gasteiger partial charge in [-0.15, -0.1) is 10.2 Å². The molecular formula is C19H14BrFN4O2S. The third-order valence-electron chi connectivity index (χ3n) is 4.21. The molecule has 1 atom stereocenters. The third-order valence-corrected chi connectivity index (χ3v) is 5.88. The van der Waals surface area contributed by atoms with Gasteiger partial charge in [0.25, 0.3) is 0 Å². The predicted molar refractivity (Wildman–Crippen MR) is 107 cm³/mol. The molecule has 2 heterocycles. The summed E-state index contributed by atoms with van der Waals surface area (Å²) in [5.74, 6) is -0.642. The van der Waals surface area contributed by atoms with Gasteiger partial charge >= 0.3 is 5.97 Å². The van der Waals surface area contributed by atoms with Crippen molar-refractivity contribution < 1.29 is 14.3 Å². The number of thioether (sulfide) groups is 1. The van der Waals surface area contributed by atoms with Crippen LogP contribution >= 0.6 is 27.7 Å².